The predicted octanol–water partition coefficient (Wildman–Crippen LogP) is 0.392. The molecule has 10 heteroatoms. The zero-order valence-corrected chi connectivity index (χ0v) is 17.4. The highest BCUT2D eigenvalue weighted by molar-refractivity contribution is 7.99. The molecule has 0 aromatic heterocycles. The molecule has 0 radical (unpaired) electrons. The molecular weight excluding hydrogens is 396 g/mol. The van der Waals surface area contributed by atoms with Gasteiger partial charge in [-0.05, 0) is 19.3 Å². The van der Waals surface area contributed by atoms with Gasteiger partial charge in [-0.25, -0.2) is 4.79 Å². The van der Waals surface area contributed by atoms with Crippen LogP contribution in [0.5, 0.6) is 0 Å². The molecule has 0 bridgehead atoms. The zero-order valence-electron chi connectivity index (χ0n) is 16.6. The van der Waals surface area contributed by atoms with Gasteiger partial charge in [0.15, 0.2) is 0 Å². The topological polar surface area (TPSA) is 99.3 Å². The molecule has 4 aliphatic rings. The van der Waals surface area contributed by atoms with Crippen LogP contribution < -0.4 is 5.32 Å². The minimum Gasteiger partial charge on any atom is -0.378 e. The number of thioether (sulfide) groups is 1. The molecule has 0 aromatic carbocycles. The number of ether oxygens (including phenoxy) is 1. The first-order chi connectivity index (χ1) is 14.0. The Morgan fingerprint density at radius 3 is 2.62 bits per heavy atom. The summed E-state index contributed by atoms with van der Waals surface area (Å²) in [7, 11) is 0. The van der Waals surface area contributed by atoms with Crippen LogP contribution in [0.2, 0.25) is 0 Å². The van der Waals surface area contributed by atoms with E-state index in [1.807, 2.05) is 0 Å². The van der Waals surface area contributed by atoms with Crippen LogP contribution in [0.25, 0.3) is 0 Å². The molecule has 3 aliphatic heterocycles. The number of urea groups is 1. The molecule has 0 unspecified atom stereocenters. The fourth-order valence-electron chi connectivity index (χ4n) is 4.62. The molecule has 29 heavy (non-hydrogen) atoms. The molecule has 1 aliphatic carbocycles. The van der Waals surface area contributed by atoms with Gasteiger partial charge in [-0.3, -0.25) is 19.3 Å². The van der Waals surface area contributed by atoms with Crippen LogP contribution in [0, 0.1) is 0 Å². The molecule has 4 fully saturated rings. The van der Waals surface area contributed by atoms with Crippen LogP contribution in [0.4, 0.5) is 4.79 Å². The average Bonchev–Trinajstić information content (AvgIpc) is 3.45. The molecule has 5 amide bonds. The SMILES string of the molecule is O=C([C@@H]1CSCN1C(=O)CCCN1C(=O)NC2(CCCC2)C1=O)N1CCOCC1. The van der Waals surface area contributed by atoms with Crippen molar-refractivity contribution < 1.29 is 23.9 Å². The van der Waals surface area contributed by atoms with Crippen molar-refractivity contribution >= 4 is 35.5 Å². The second-order valence-electron chi connectivity index (χ2n) is 8.10. The maximum absolute atomic E-state index is 12.8. The molecule has 4 rings (SSSR count). The van der Waals surface area contributed by atoms with Gasteiger partial charge in [0.1, 0.15) is 11.6 Å². The first-order valence-electron chi connectivity index (χ1n) is 10.4. The van der Waals surface area contributed by atoms with E-state index >= 15 is 0 Å². The van der Waals surface area contributed by atoms with Crippen LogP contribution in [0.1, 0.15) is 38.5 Å². The number of amides is 5. The van der Waals surface area contributed by atoms with E-state index in [0.29, 0.717) is 57.2 Å². The summed E-state index contributed by atoms with van der Waals surface area (Å²) in [5.41, 5.74) is -0.706. The van der Waals surface area contributed by atoms with Gasteiger partial charge in [0, 0.05) is 31.8 Å². The number of nitrogens with zero attached hydrogens (tertiary/aromatic N) is 3. The van der Waals surface area contributed by atoms with E-state index in [1.165, 1.54) is 4.90 Å². The number of carbonyl (C=O) groups excluding carboxylic acids is 4. The lowest BCUT2D eigenvalue weighted by molar-refractivity contribution is -0.146. The van der Waals surface area contributed by atoms with Crippen molar-refractivity contribution in [2.45, 2.75) is 50.1 Å². The molecule has 1 spiro atoms. The summed E-state index contributed by atoms with van der Waals surface area (Å²) in [6, 6.07) is -0.773. The Morgan fingerprint density at radius 1 is 1.17 bits per heavy atom. The van der Waals surface area contributed by atoms with Gasteiger partial charge < -0.3 is 19.9 Å². The number of imide groups is 1. The Labute approximate surface area is 174 Å². The summed E-state index contributed by atoms with van der Waals surface area (Å²) in [5, 5.41) is 2.86. The van der Waals surface area contributed by atoms with Crippen molar-refractivity contribution in [3.05, 3.63) is 0 Å². The van der Waals surface area contributed by atoms with Gasteiger partial charge >= 0.3 is 6.03 Å². The van der Waals surface area contributed by atoms with Crippen molar-refractivity contribution in [3.8, 4) is 0 Å². The van der Waals surface area contributed by atoms with Crippen molar-refractivity contribution in [1.29, 1.82) is 0 Å². The summed E-state index contributed by atoms with van der Waals surface area (Å²) in [6.45, 7) is 2.44. The normalized spacial score (nSPS) is 26.5. The third kappa shape index (κ3) is 3.96. The lowest BCUT2D eigenvalue weighted by Crippen LogP contribution is -2.52. The third-order valence-corrected chi connectivity index (χ3v) is 7.30. The summed E-state index contributed by atoms with van der Waals surface area (Å²) in [5.74, 6) is 0.862. The van der Waals surface area contributed by atoms with Crippen LogP contribution >= 0.6 is 11.8 Å². The van der Waals surface area contributed by atoms with Gasteiger partial charge in [0.25, 0.3) is 5.91 Å². The molecule has 3 saturated heterocycles. The third-order valence-electron chi connectivity index (χ3n) is 6.29. The molecule has 0 aromatic rings. The minimum atomic E-state index is -0.706. The second-order valence-corrected chi connectivity index (χ2v) is 9.10. The largest absolute Gasteiger partial charge is 0.378 e. The van der Waals surface area contributed by atoms with Crippen molar-refractivity contribution in [2.24, 2.45) is 0 Å². The molecule has 1 saturated carbocycles. The average molecular weight is 425 g/mol. The van der Waals surface area contributed by atoms with Crippen molar-refractivity contribution in [2.75, 3.05) is 44.5 Å². The fourth-order valence-corrected chi connectivity index (χ4v) is 5.79. The van der Waals surface area contributed by atoms with Gasteiger partial charge in [-0.15, -0.1) is 11.8 Å². The van der Waals surface area contributed by atoms with Crippen molar-refractivity contribution in [1.82, 2.24) is 20.0 Å². The van der Waals surface area contributed by atoms with E-state index in [1.54, 1.807) is 21.6 Å². The smallest absolute Gasteiger partial charge is 0.325 e. The minimum absolute atomic E-state index is 0.0103. The summed E-state index contributed by atoms with van der Waals surface area (Å²) >= 11 is 1.58. The first kappa shape index (κ1) is 20.5. The quantitative estimate of drug-likeness (QED) is 0.641. The molecular formula is C19H28N4O5S. The number of hydrogen-bond donors (Lipinski definition) is 1. The molecule has 1 N–H and O–H groups in total. The number of nitrogens with one attached hydrogen (secondary N) is 1. The molecule has 9 nitrogen and oxygen atoms in total. The van der Waals surface area contributed by atoms with E-state index in [0.717, 1.165) is 12.8 Å². The highest BCUT2D eigenvalue weighted by atomic mass is 32.2. The maximum Gasteiger partial charge on any atom is 0.325 e. The van der Waals surface area contributed by atoms with E-state index in [4.69, 9.17) is 4.74 Å². The Morgan fingerprint density at radius 2 is 1.90 bits per heavy atom. The number of morpholine rings is 1. The number of carbonyl (C=O) groups is 4. The van der Waals surface area contributed by atoms with Crippen LogP contribution in [0.15, 0.2) is 0 Å². The summed E-state index contributed by atoms with van der Waals surface area (Å²) in [4.78, 5) is 55.1. The van der Waals surface area contributed by atoms with Gasteiger partial charge in [-0.1, -0.05) is 12.8 Å². The van der Waals surface area contributed by atoms with E-state index in [9.17, 15) is 19.2 Å². The molecule has 3 heterocycles. The lowest BCUT2D eigenvalue weighted by Gasteiger charge is -2.32. The first-order valence-corrected chi connectivity index (χ1v) is 11.6. The van der Waals surface area contributed by atoms with Crippen LogP contribution in [0.3, 0.4) is 0 Å². The standard InChI is InChI=1S/C19H28N4O5S/c24-15(23-13-29-12-14(23)16(25)21-8-10-28-11-9-21)4-3-7-22-17(26)19(20-18(22)27)5-1-2-6-19/h14H,1-13H2,(H,20,27)/t14-/m0/s1. The molecule has 160 valence electrons. The van der Waals surface area contributed by atoms with Gasteiger partial charge in [0.2, 0.25) is 11.8 Å². The Bertz CT molecular complexity index is 690. The van der Waals surface area contributed by atoms with Crippen LogP contribution in [-0.4, -0.2) is 94.5 Å². The second kappa shape index (κ2) is 8.51. The fraction of sp³-hybridized carbons (Fsp3) is 0.789. The Balaban J connectivity index is 1.28. The Hall–Kier alpha value is -1.81. The lowest BCUT2D eigenvalue weighted by atomic mass is 9.98. The van der Waals surface area contributed by atoms with Gasteiger partial charge in [-0.2, -0.15) is 0 Å². The monoisotopic (exact) mass is 424 g/mol. The number of rotatable bonds is 5. The predicted molar refractivity (Wildman–Crippen MR) is 106 cm³/mol. The van der Waals surface area contributed by atoms with Gasteiger partial charge in [0.05, 0.1) is 19.1 Å². The number of hydrogen-bond acceptors (Lipinski definition) is 6. The van der Waals surface area contributed by atoms with E-state index in [-0.39, 0.29) is 36.7 Å². The zero-order chi connectivity index (χ0) is 20.4. The maximum atomic E-state index is 12.8. The van der Waals surface area contributed by atoms with Crippen LogP contribution in [-0.2, 0) is 19.1 Å². The van der Waals surface area contributed by atoms with E-state index in [2.05, 4.69) is 5.32 Å². The summed E-state index contributed by atoms with van der Waals surface area (Å²) in [6.07, 6.45) is 3.92. The summed E-state index contributed by atoms with van der Waals surface area (Å²) < 4.78 is 5.30. The highest BCUT2D eigenvalue weighted by Crippen LogP contribution is 2.35. The van der Waals surface area contributed by atoms with Crippen molar-refractivity contribution in [3.63, 3.8) is 0 Å². The highest BCUT2D eigenvalue weighted by Gasteiger charge is 2.52. The molecule has 1 atom stereocenters. The Kier molecular flexibility index (Phi) is 6.00. The van der Waals surface area contributed by atoms with E-state index < -0.39 is 11.6 Å².